The second-order valence-corrected chi connectivity index (χ2v) is 9.29. The van der Waals surface area contributed by atoms with Gasteiger partial charge in [-0.1, -0.05) is 36.4 Å². The normalized spacial score (nSPS) is 15.6. The number of aliphatic imine (C=N–C) groups is 1. The van der Waals surface area contributed by atoms with Crippen LogP contribution in [-0.4, -0.2) is 36.5 Å². The van der Waals surface area contributed by atoms with E-state index in [1.54, 1.807) is 6.07 Å². The number of carbonyl (C=O) groups is 1. The number of rotatable bonds is 7. The summed E-state index contributed by atoms with van der Waals surface area (Å²) in [6.07, 6.45) is 4.12. The highest BCUT2D eigenvalue weighted by Gasteiger charge is 2.23. The van der Waals surface area contributed by atoms with E-state index in [0.717, 1.165) is 77.0 Å². The van der Waals surface area contributed by atoms with Crippen LogP contribution in [0.3, 0.4) is 0 Å². The van der Waals surface area contributed by atoms with E-state index >= 15 is 0 Å². The van der Waals surface area contributed by atoms with Crippen molar-refractivity contribution in [3.05, 3.63) is 82.9 Å². The standard InChI is InChI=1S/C29H30N2O3/c1-19-15-26(29(32)33)25-18-27(31-28(25)16-19)22-7-5-21(6-8-22)23-3-2-4-24(17-23)34-14-11-20-9-12-30-13-10-20/h2-8,15-17,20,30H,9-14,18H2,1H3,(H,32,33). The summed E-state index contributed by atoms with van der Waals surface area (Å²) in [7, 11) is 0. The van der Waals surface area contributed by atoms with Crippen molar-refractivity contribution in [1.82, 2.24) is 5.32 Å². The van der Waals surface area contributed by atoms with Crippen molar-refractivity contribution < 1.29 is 14.6 Å². The van der Waals surface area contributed by atoms with Gasteiger partial charge in [0.05, 0.1) is 23.6 Å². The molecule has 1 saturated heterocycles. The van der Waals surface area contributed by atoms with Gasteiger partial charge in [-0.3, -0.25) is 4.99 Å². The highest BCUT2D eigenvalue weighted by atomic mass is 16.5. The number of piperidine rings is 1. The Morgan fingerprint density at radius 1 is 1.03 bits per heavy atom. The number of nitrogens with zero attached hydrogens (tertiary/aromatic N) is 1. The molecule has 0 unspecified atom stereocenters. The molecule has 0 spiro atoms. The third-order valence-corrected chi connectivity index (χ3v) is 6.84. The van der Waals surface area contributed by atoms with E-state index in [1.807, 2.05) is 25.1 Å². The molecule has 0 atom stereocenters. The second-order valence-electron chi connectivity index (χ2n) is 9.29. The zero-order valence-electron chi connectivity index (χ0n) is 19.5. The van der Waals surface area contributed by atoms with E-state index < -0.39 is 5.97 Å². The third kappa shape index (κ3) is 4.90. The Morgan fingerprint density at radius 3 is 2.56 bits per heavy atom. The van der Waals surface area contributed by atoms with E-state index in [4.69, 9.17) is 9.73 Å². The second kappa shape index (κ2) is 9.82. The first kappa shape index (κ1) is 22.4. The maximum atomic E-state index is 11.7. The Labute approximate surface area is 200 Å². The Balaban J connectivity index is 1.26. The molecule has 34 heavy (non-hydrogen) atoms. The van der Waals surface area contributed by atoms with Crippen molar-refractivity contribution in [2.75, 3.05) is 19.7 Å². The molecule has 3 aromatic rings. The molecule has 0 bridgehead atoms. The van der Waals surface area contributed by atoms with Crippen LogP contribution in [0.15, 0.2) is 65.7 Å². The lowest BCUT2D eigenvalue weighted by molar-refractivity contribution is 0.0696. The average Bonchev–Trinajstić information content (AvgIpc) is 3.28. The molecule has 3 aromatic carbocycles. The topological polar surface area (TPSA) is 70.9 Å². The molecule has 2 aliphatic rings. The quantitative estimate of drug-likeness (QED) is 0.473. The summed E-state index contributed by atoms with van der Waals surface area (Å²) >= 11 is 0. The fourth-order valence-electron chi connectivity index (χ4n) is 4.93. The molecule has 5 heteroatoms. The van der Waals surface area contributed by atoms with Crippen molar-refractivity contribution in [1.29, 1.82) is 0 Å². The molecule has 2 heterocycles. The van der Waals surface area contributed by atoms with E-state index in [0.29, 0.717) is 12.0 Å². The van der Waals surface area contributed by atoms with Crippen LogP contribution in [0.25, 0.3) is 11.1 Å². The van der Waals surface area contributed by atoms with Crippen molar-refractivity contribution in [3.63, 3.8) is 0 Å². The van der Waals surface area contributed by atoms with Crippen LogP contribution >= 0.6 is 0 Å². The van der Waals surface area contributed by atoms with Gasteiger partial charge in [0.1, 0.15) is 5.75 Å². The summed E-state index contributed by atoms with van der Waals surface area (Å²) in [5.41, 5.74) is 6.99. The molecule has 2 aliphatic heterocycles. The fraction of sp³-hybridized carbons (Fsp3) is 0.310. The first-order valence-electron chi connectivity index (χ1n) is 12.1. The molecule has 2 N–H and O–H groups in total. The summed E-state index contributed by atoms with van der Waals surface area (Å²) in [6.45, 7) is 4.90. The minimum absolute atomic E-state index is 0.349. The van der Waals surface area contributed by atoms with Gasteiger partial charge in [0.15, 0.2) is 0 Å². The molecule has 174 valence electrons. The molecule has 0 saturated carbocycles. The van der Waals surface area contributed by atoms with Gasteiger partial charge in [-0.15, -0.1) is 0 Å². The largest absolute Gasteiger partial charge is 0.494 e. The molecule has 0 aliphatic carbocycles. The first-order valence-corrected chi connectivity index (χ1v) is 12.1. The minimum atomic E-state index is -0.899. The van der Waals surface area contributed by atoms with Crippen LogP contribution in [0.5, 0.6) is 5.75 Å². The maximum Gasteiger partial charge on any atom is 0.336 e. The van der Waals surface area contributed by atoms with Crippen molar-refractivity contribution >= 4 is 17.4 Å². The zero-order valence-corrected chi connectivity index (χ0v) is 19.5. The SMILES string of the molecule is Cc1cc2c(c(C(=O)O)c1)CC(c1ccc(-c3cccc(OCCC4CCNCC4)c3)cc1)=N2. The van der Waals surface area contributed by atoms with Gasteiger partial charge in [-0.05, 0) is 97.3 Å². The van der Waals surface area contributed by atoms with E-state index in [-0.39, 0.29) is 0 Å². The molecule has 0 radical (unpaired) electrons. The lowest BCUT2D eigenvalue weighted by atomic mass is 9.95. The number of carboxylic acids is 1. The predicted molar refractivity (Wildman–Crippen MR) is 136 cm³/mol. The summed E-state index contributed by atoms with van der Waals surface area (Å²) in [5.74, 6) is 0.768. The van der Waals surface area contributed by atoms with Crippen molar-refractivity contribution in [2.24, 2.45) is 10.9 Å². The molecule has 5 nitrogen and oxygen atoms in total. The summed E-state index contributed by atoms with van der Waals surface area (Å²) in [5, 5.41) is 13.0. The third-order valence-electron chi connectivity index (χ3n) is 6.84. The van der Waals surface area contributed by atoms with Gasteiger partial charge in [-0.25, -0.2) is 4.79 Å². The molecular weight excluding hydrogens is 424 g/mol. The van der Waals surface area contributed by atoms with Gasteiger partial charge in [0.2, 0.25) is 0 Å². The van der Waals surface area contributed by atoms with Crippen LogP contribution in [0.1, 0.15) is 46.3 Å². The summed E-state index contributed by atoms with van der Waals surface area (Å²) < 4.78 is 6.06. The Morgan fingerprint density at radius 2 is 1.79 bits per heavy atom. The first-order chi connectivity index (χ1) is 16.6. The number of aryl methyl sites for hydroxylation is 1. The molecule has 1 fully saturated rings. The number of benzene rings is 3. The fourth-order valence-corrected chi connectivity index (χ4v) is 4.93. The highest BCUT2D eigenvalue weighted by Crippen LogP contribution is 2.34. The molecular formula is C29H30N2O3. The summed E-state index contributed by atoms with van der Waals surface area (Å²) in [4.78, 5) is 16.4. The van der Waals surface area contributed by atoms with Gasteiger partial charge < -0.3 is 15.2 Å². The van der Waals surface area contributed by atoms with Gasteiger partial charge in [0.25, 0.3) is 0 Å². The van der Waals surface area contributed by atoms with E-state index in [2.05, 4.69) is 41.7 Å². The molecule has 0 amide bonds. The van der Waals surface area contributed by atoms with Crippen LogP contribution < -0.4 is 10.1 Å². The molecule has 5 rings (SSSR count). The number of carboxylic acid groups (broad SMARTS) is 1. The van der Waals surface area contributed by atoms with Crippen molar-refractivity contribution in [3.8, 4) is 16.9 Å². The average molecular weight is 455 g/mol. The minimum Gasteiger partial charge on any atom is -0.494 e. The Hall–Kier alpha value is -3.44. The van der Waals surface area contributed by atoms with Gasteiger partial charge in [-0.2, -0.15) is 0 Å². The van der Waals surface area contributed by atoms with Gasteiger partial charge >= 0.3 is 5.97 Å². The maximum absolute atomic E-state index is 11.7. The predicted octanol–water partition coefficient (Wildman–Crippen LogP) is 5.81. The van der Waals surface area contributed by atoms with Gasteiger partial charge in [0, 0.05) is 6.42 Å². The number of hydrogen-bond donors (Lipinski definition) is 2. The highest BCUT2D eigenvalue weighted by molar-refractivity contribution is 6.09. The van der Waals surface area contributed by atoms with Crippen molar-refractivity contribution in [2.45, 2.75) is 32.6 Å². The smallest absolute Gasteiger partial charge is 0.336 e. The number of aromatic carboxylic acids is 1. The van der Waals surface area contributed by atoms with Crippen LogP contribution in [0.2, 0.25) is 0 Å². The number of fused-ring (bicyclic) bond motifs is 1. The Kier molecular flexibility index (Phi) is 6.45. The van der Waals surface area contributed by atoms with E-state index in [9.17, 15) is 9.90 Å². The summed E-state index contributed by atoms with van der Waals surface area (Å²) in [6, 6.07) is 20.3. The molecule has 0 aromatic heterocycles. The lowest BCUT2D eigenvalue weighted by Crippen LogP contribution is -2.28. The monoisotopic (exact) mass is 454 g/mol. The Bertz CT molecular complexity index is 1220. The number of hydrogen-bond acceptors (Lipinski definition) is 4. The zero-order chi connectivity index (χ0) is 23.5. The van der Waals surface area contributed by atoms with Crippen LogP contribution in [0.4, 0.5) is 5.69 Å². The van der Waals surface area contributed by atoms with E-state index in [1.165, 1.54) is 12.8 Å². The van der Waals surface area contributed by atoms with Crippen LogP contribution in [-0.2, 0) is 6.42 Å². The number of ether oxygens (including phenoxy) is 1. The number of nitrogens with one attached hydrogen (secondary N) is 1. The lowest BCUT2D eigenvalue weighted by Gasteiger charge is -2.22. The van der Waals surface area contributed by atoms with Crippen LogP contribution in [0, 0.1) is 12.8 Å².